The quantitative estimate of drug-likeness (QED) is 0.401. The second-order valence-electron chi connectivity index (χ2n) is 4.10. The lowest BCUT2D eigenvalue weighted by Crippen LogP contribution is -2.37. The highest BCUT2D eigenvalue weighted by molar-refractivity contribution is 4.59. The van der Waals surface area contributed by atoms with Crippen molar-refractivity contribution in [3.8, 4) is 0 Å². The summed E-state index contributed by atoms with van der Waals surface area (Å²) >= 11 is 0. The topological polar surface area (TPSA) is 60.1 Å². The third kappa shape index (κ3) is 13.9. The summed E-state index contributed by atoms with van der Waals surface area (Å²) in [4.78, 5) is 0. The summed E-state index contributed by atoms with van der Waals surface area (Å²) in [6.07, 6.45) is 1.21. The lowest BCUT2D eigenvalue weighted by molar-refractivity contribution is 0.533. The fourth-order valence-electron chi connectivity index (χ4n) is 1.67. The molecule has 0 amide bonds. The van der Waals surface area contributed by atoms with Crippen LogP contribution in [0.15, 0.2) is 0 Å². The lowest BCUT2D eigenvalue weighted by atomic mass is 10.4. The van der Waals surface area contributed by atoms with E-state index in [0.717, 1.165) is 65.4 Å². The molecule has 1 heterocycles. The number of hydrogen-bond donors (Lipinski definition) is 5. The van der Waals surface area contributed by atoms with Crippen LogP contribution < -0.4 is 26.6 Å². The molecule has 0 aromatic rings. The minimum Gasteiger partial charge on any atom is -0.315 e. The Labute approximate surface area is 113 Å². The second kappa shape index (κ2) is 16.8. The van der Waals surface area contributed by atoms with Crippen molar-refractivity contribution in [2.24, 2.45) is 0 Å². The molecular formula is C13H33N5. The van der Waals surface area contributed by atoms with Gasteiger partial charge in [-0.3, -0.25) is 0 Å². The fraction of sp³-hybridized carbons (Fsp3) is 1.00. The molecule has 5 N–H and O–H groups in total. The molecule has 0 atom stereocenters. The van der Waals surface area contributed by atoms with Crippen LogP contribution in [0.4, 0.5) is 0 Å². The van der Waals surface area contributed by atoms with Gasteiger partial charge in [0.25, 0.3) is 0 Å². The predicted octanol–water partition coefficient (Wildman–Crippen LogP) is -0.636. The molecule has 18 heavy (non-hydrogen) atoms. The van der Waals surface area contributed by atoms with E-state index < -0.39 is 0 Å². The van der Waals surface area contributed by atoms with Crippen molar-refractivity contribution in [2.45, 2.75) is 20.3 Å². The Morgan fingerprint density at radius 2 is 0.611 bits per heavy atom. The summed E-state index contributed by atoms with van der Waals surface area (Å²) < 4.78 is 0. The molecular weight excluding hydrogens is 226 g/mol. The van der Waals surface area contributed by atoms with Crippen LogP contribution in [0, 0.1) is 0 Å². The third-order valence-corrected chi connectivity index (χ3v) is 2.62. The third-order valence-electron chi connectivity index (χ3n) is 2.62. The molecule has 0 aromatic heterocycles. The van der Waals surface area contributed by atoms with Crippen LogP contribution in [0.3, 0.4) is 0 Å². The van der Waals surface area contributed by atoms with Gasteiger partial charge in [0, 0.05) is 52.4 Å². The normalized spacial score (nSPS) is 21.7. The van der Waals surface area contributed by atoms with Gasteiger partial charge >= 0.3 is 0 Å². The van der Waals surface area contributed by atoms with Gasteiger partial charge in [-0.2, -0.15) is 0 Å². The highest BCUT2D eigenvalue weighted by Gasteiger charge is 1.92. The molecule has 1 fully saturated rings. The maximum absolute atomic E-state index is 3.43. The average molecular weight is 259 g/mol. The Bertz CT molecular complexity index is 79.3. The van der Waals surface area contributed by atoms with Crippen LogP contribution >= 0.6 is 0 Å². The largest absolute Gasteiger partial charge is 0.315 e. The first-order valence-electron chi connectivity index (χ1n) is 7.54. The molecule has 1 aliphatic heterocycles. The van der Waals surface area contributed by atoms with E-state index in [9.17, 15) is 0 Å². The Hall–Kier alpha value is -0.200. The molecule has 1 aliphatic rings. The van der Waals surface area contributed by atoms with Crippen molar-refractivity contribution in [1.29, 1.82) is 0 Å². The van der Waals surface area contributed by atoms with Crippen LogP contribution in [0.25, 0.3) is 0 Å². The zero-order valence-corrected chi connectivity index (χ0v) is 12.3. The van der Waals surface area contributed by atoms with Crippen LogP contribution in [-0.4, -0.2) is 65.4 Å². The summed E-state index contributed by atoms with van der Waals surface area (Å²) in [6, 6.07) is 0. The smallest absolute Gasteiger partial charge is 0.00772 e. The Kier molecular flexibility index (Phi) is 16.6. The minimum atomic E-state index is 1.06. The molecule has 0 spiro atoms. The van der Waals surface area contributed by atoms with E-state index in [1.807, 2.05) is 13.8 Å². The van der Waals surface area contributed by atoms with Crippen molar-refractivity contribution in [2.75, 3.05) is 65.4 Å². The lowest BCUT2D eigenvalue weighted by Gasteiger charge is -2.10. The maximum Gasteiger partial charge on any atom is 0.00772 e. The molecule has 0 radical (unpaired) electrons. The monoisotopic (exact) mass is 259 g/mol. The second-order valence-corrected chi connectivity index (χ2v) is 4.10. The number of rotatable bonds is 0. The number of nitrogens with one attached hydrogen (secondary N) is 5. The van der Waals surface area contributed by atoms with Gasteiger partial charge in [-0.25, -0.2) is 0 Å². The van der Waals surface area contributed by atoms with Crippen LogP contribution in [0.2, 0.25) is 0 Å². The van der Waals surface area contributed by atoms with E-state index in [-0.39, 0.29) is 0 Å². The van der Waals surface area contributed by atoms with Crippen LogP contribution in [0.1, 0.15) is 20.3 Å². The van der Waals surface area contributed by atoms with Crippen LogP contribution in [-0.2, 0) is 0 Å². The first-order valence-corrected chi connectivity index (χ1v) is 7.54. The summed E-state index contributed by atoms with van der Waals surface area (Å²) in [5.41, 5.74) is 0. The Morgan fingerprint density at radius 3 is 0.889 bits per heavy atom. The molecule has 0 aromatic carbocycles. The van der Waals surface area contributed by atoms with E-state index in [1.165, 1.54) is 6.42 Å². The van der Waals surface area contributed by atoms with Gasteiger partial charge in [0.1, 0.15) is 0 Å². The number of hydrogen-bond acceptors (Lipinski definition) is 5. The zero-order valence-electron chi connectivity index (χ0n) is 12.3. The van der Waals surface area contributed by atoms with E-state index in [0.29, 0.717) is 0 Å². The van der Waals surface area contributed by atoms with E-state index in [2.05, 4.69) is 26.6 Å². The average Bonchev–Trinajstić information content (AvgIpc) is 2.41. The Morgan fingerprint density at radius 1 is 0.389 bits per heavy atom. The summed E-state index contributed by atoms with van der Waals surface area (Å²) in [5, 5.41) is 17.1. The molecule has 0 aliphatic carbocycles. The highest BCUT2D eigenvalue weighted by atomic mass is 15.0. The van der Waals surface area contributed by atoms with Crippen molar-refractivity contribution in [3.05, 3.63) is 0 Å². The van der Waals surface area contributed by atoms with E-state index in [1.54, 1.807) is 0 Å². The predicted molar refractivity (Wildman–Crippen MR) is 80.3 cm³/mol. The van der Waals surface area contributed by atoms with Gasteiger partial charge in [0.15, 0.2) is 0 Å². The molecule has 0 unspecified atom stereocenters. The van der Waals surface area contributed by atoms with Crippen molar-refractivity contribution in [1.82, 2.24) is 26.6 Å². The maximum atomic E-state index is 3.43. The zero-order chi connectivity index (χ0) is 13.3. The van der Waals surface area contributed by atoms with Gasteiger partial charge < -0.3 is 26.6 Å². The Balaban J connectivity index is 0.00000137. The fourth-order valence-corrected chi connectivity index (χ4v) is 1.67. The van der Waals surface area contributed by atoms with Gasteiger partial charge in [0.2, 0.25) is 0 Å². The van der Waals surface area contributed by atoms with Gasteiger partial charge in [-0.05, 0) is 19.5 Å². The molecule has 0 bridgehead atoms. The van der Waals surface area contributed by atoms with Crippen molar-refractivity contribution in [3.63, 3.8) is 0 Å². The van der Waals surface area contributed by atoms with E-state index in [4.69, 9.17) is 0 Å². The van der Waals surface area contributed by atoms with E-state index >= 15 is 0 Å². The summed E-state index contributed by atoms with van der Waals surface area (Å²) in [6.45, 7) is 14.7. The highest BCUT2D eigenvalue weighted by Crippen LogP contribution is 1.73. The van der Waals surface area contributed by atoms with Gasteiger partial charge in [0.05, 0.1) is 0 Å². The molecule has 5 heteroatoms. The van der Waals surface area contributed by atoms with Gasteiger partial charge in [-0.1, -0.05) is 13.8 Å². The molecule has 0 saturated carbocycles. The summed E-state index contributed by atoms with van der Waals surface area (Å²) in [7, 11) is 0. The summed E-state index contributed by atoms with van der Waals surface area (Å²) in [5.74, 6) is 0. The van der Waals surface area contributed by atoms with Gasteiger partial charge in [-0.15, -0.1) is 0 Å². The first-order chi connectivity index (χ1) is 9.00. The molecule has 1 rings (SSSR count). The first kappa shape index (κ1) is 17.8. The molecule has 110 valence electrons. The van der Waals surface area contributed by atoms with Crippen LogP contribution in [0.5, 0.6) is 0 Å². The minimum absolute atomic E-state index is 1.06. The SMILES string of the molecule is C1CNCCNCCNCCNCCNC1.CC. The molecule has 1 saturated heterocycles. The van der Waals surface area contributed by atoms with Crippen molar-refractivity contribution < 1.29 is 0 Å². The van der Waals surface area contributed by atoms with Crippen molar-refractivity contribution >= 4 is 0 Å². The standard InChI is InChI=1S/C11H27N5.C2H6/c1-2-12-4-6-14-8-10-16-11-9-15-7-5-13-3-1;1-2/h12-16H,1-11H2;1-2H3. The molecule has 5 nitrogen and oxygen atoms in total.